The normalized spacial score (nSPS) is 16.9. The molecule has 2 amide bonds. The molecule has 0 spiro atoms. The van der Waals surface area contributed by atoms with E-state index in [0.717, 1.165) is 12.0 Å². The molecule has 0 bridgehead atoms. The van der Waals surface area contributed by atoms with E-state index in [1.165, 1.54) is 6.07 Å². The number of likely N-dealkylation sites (N-methyl/N-ethyl adjacent to an activating group) is 1. The van der Waals surface area contributed by atoms with Crippen molar-refractivity contribution in [3.63, 3.8) is 0 Å². The van der Waals surface area contributed by atoms with Gasteiger partial charge < -0.3 is 14.9 Å². The lowest BCUT2D eigenvalue weighted by atomic mass is 10.1. The Morgan fingerprint density at radius 1 is 1.36 bits per heavy atom. The minimum absolute atomic E-state index is 0.0608. The zero-order valence-corrected chi connectivity index (χ0v) is 14.4. The van der Waals surface area contributed by atoms with Gasteiger partial charge in [-0.2, -0.15) is 5.10 Å². The smallest absolute Gasteiger partial charge is 0.258 e. The molecule has 1 N–H and O–H groups in total. The van der Waals surface area contributed by atoms with Crippen molar-refractivity contribution < 1.29 is 14.7 Å². The van der Waals surface area contributed by atoms with Crippen molar-refractivity contribution >= 4 is 11.8 Å². The summed E-state index contributed by atoms with van der Waals surface area (Å²) in [6.07, 6.45) is 5.00. The van der Waals surface area contributed by atoms with E-state index >= 15 is 0 Å². The van der Waals surface area contributed by atoms with Gasteiger partial charge in [-0.05, 0) is 25.0 Å². The van der Waals surface area contributed by atoms with E-state index < -0.39 is 6.04 Å². The van der Waals surface area contributed by atoms with E-state index in [0.29, 0.717) is 19.5 Å². The van der Waals surface area contributed by atoms with Crippen molar-refractivity contribution in [2.45, 2.75) is 25.4 Å². The van der Waals surface area contributed by atoms with Gasteiger partial charge in [-0.25, -0.2) is 0 Å². The van der Waals surface area contributed by atoms with Gasteiger partial charge in [-0.15, -0.1) is 0 Å². The van der Waals surface area contributed by atoms with Gasteiger partial charge in [0.15, 0.2) is 0 Å². The fourth-order valence-corrected chi connectivity index (χ4v) is 3.24. The van der Waals surface area contributed by atoms with Crippen molar-refractivity contribution in [3.05, 3.63) is 47.8 Å². The molecule has 7 heteroatoms. The highest BCUT2D eigenvalue weighted by molar-refractivity contribution is 5.99. The number of rotatable bonds is 4. The molecule has 0 radical (unpaired) electrons. The average Bonchev–Trinajstić information content (AvgIpc) is 3.23. The topological polar surface area (TPSA) is 78.7 Å². The van der Waals surface area contributed by atoms with Crippen LogP contribution >= 0.6 is 0 Å². The molecule has 1 aromatic carbocycles. The van der Waals surface area contributed by atoms with Crippen LogP contribution in [-0.2, 0) is 18.4 Å². The van der Waals surface area contributed by atoms with Gasteiger partial charge in [0.2, 0.25) is 5.91 Å². The van der Waals surface area contributed by atoms with Crippen molar-refractivity contribution in [2.24, 2.45) is 7.05 Å². The van der Waals surface area contributed by atoms with E-state index in [4.69, 9.17) is 0 Å². The Hall–Kier alpha value is -2.83. The zero-order chi connectivity index (χ0) is 18.0. The number of para-hydroxylation sites is 1. The van der Waals surface area contributed by atoms with Crippen LogP contribution in [0.2, 0.25) is 0 Å². The maximum absolute atomic E-state index is 12.8. The quantitative estimate of drug-likeness (QED) is 0.911. The van der Waals surface area contributed by atoms with Crippen LogP contribution in [0.15, 0.2) is 36.7 Å². The minimum atomic E-state index is -0.492. The first-order chi connectivity index (χ1) is 12.0. The molecule has 0 saturated carbocycles. The second-order valence-corrected chi connectivity index (χ2v) is 6.39. The van der Waals surface area contributed by atoms with E-state index in [-0.39, 0.29) is 23.1 Å². The van der Waals surface area contributed by atoms with Gasteiger partial charge in [0.25, 0.3) is 5.91 Å². The highest BCUT2D eigenvalue weighted by atomic mass is 16.3. The van der Waals surface area contributed by atoms with Gasteiger partial charge in [0.1, 0.15) is 11.8 Å². The summed E-state index contributed by atoms with van der Waals surface area (Å²) in [6.45, 7) is 0.964. The van der Waals surface area contributed by atoms with E-state index in [9.17, 15) is 14.7 Å². The van der Waals surface area contributed by atoms with Crippen molar-refractivity contribution in [3.8, 4) is 5.75 Å². The molecule has 1 aliphatic rings. The molecule has 2 aromatic rings. The fraction of sp³-hybridized carbons (Fsp3) is 0.389. The maximum atomic E-state index is 12.8. The van der Waals surface area contributed by atoms with Gasteiger partial charge in [0, 0.05) is 38.9 Å². The lowest BCUT2D eigenvalue weighted by Crippen LogP contribution is -2.46. The van der Waals surface area contributed by atoms with Crippen LogP contribution < -0.4 is 0 Å². The van der Waals surface area contributed by atoms with Crippen LogP contribution in [0.3, 0.4) is 0 Å². The van der Waals surface area contributed by atoms with Crippen molar-refractivity contribution in [1.82, 2.24) is 19.6 Å². The summed E-state index contributed by atoms with van der Waals surface area (Å²) in [5.74, 6) is -0.455. The number of hydrogen-bond acceptors (Lipinski definition) is 4. The second kappa shape index (κ2) is 6.96. The molecule has 0 aliphatic carbocycles. The average molecular weight is 342 g/mol. The third kappa shape index (κ3) is 3.50. The van der Waals surface area contributed by atoms with Crippen molar-refractivity contribution in [2.75, 3.05) is 13.6 Å². The molecule has 1 atom stereocenters. The molecule has 132 valence electrons. The molecule has 1 saturated heterocycles. The van der Waals surface area contributed by atoms with Crippen LogP contribution in [0.25, 0.3) is 0 Å². The summed E-state index contributed by atoms with van der Waals surface area (Å²) in [6, 6.07) is 5.94. The molecular formula is C18H22N4O3. The zero-order valence-electron chi connectivity index (χ0n) is 14.4. The number of carbonyl (C=O) groups excluding carboxylic acids is 2. The number of likely N-dealkylation sites (tertiary alicyclic amines) is 1. The Bertz CT molecular complexity index is 786. The van der Waals surface area contributed by atoms with Gasteiger partial charge in [-0.1, -0.05) is 12.1 Å². The first kappa shape index (κ1) is 17.0. The third-order valence-corrected chi connectivity index (χ3v) is 4.49. The lowest BCUT2D eigenvalue weighted by molar-refractivity contribution is -0.134. The molecule has 1 unspecified atom stereocenters. The Morgan fingerprint density at radius 3 is 2.80 bits per heavy atom. The molecule has 25 heavy (non-hydrogen) atoms. The number of phenolic OH excluding ortho intramolecular Hbond substituents is 1. The summed E-state index contributed by atoms with van der Waals surface area (Å²) < 4.78 is 1.69. The first-order valence-corrected chi connectivity index (χ1v) is 8.29. The number of hydrogen-bond donors (Lipinski definition) is 1. The summed E-state index contributed by atoms with van der Waals surface area (Å²) in [5, 5.41) is 14.0. The fourth-order valence-electron chi connectivity index (χ4n) is 3.24. The molecule has 3 rings (SSSR count). The summed E-state index contributed by atoms with van der Waals surface area (Å²) in [4.78, 5) is 28.8. The van der Waals surface area contributed by atoms with Gasteiger partial charge in [0.05, 0.1) is 11.8 Å². The molecule has 7 nitrogen and oxygen atoms in total. The number of nitrogens with zero attached hydrogens (tertiary/aromatic N) is 4. The Morgan fingerprint density at radius 2 is 2.12 bits per heavy atom. The van der Waals surface area contributed by atoms with Crippen LogP contribution in [0.5, 0.6) is 5.75 Å². The van der Waals surface area contributed by atoms with Crippen LogP contribution in [-0.4, -0.2) is 56.1 Å². The monoisotopic (exact) mass is 342 g/mol. The second-order valence-electron chi connectivity index (χ2n) is 6.39. The number of aryl methyl sites for hydroxylation is 1. The molecule has 2 heterocycles. The molecule has 1 aromatic heterocycles. The summed E-state index contributed by atoms with van der Waals surface area (Å²) in [5.41, 5.74) is 1.17. The van der Waals surface area contributed by atoms with Crippen LogP contribution in [0.4, 0.5) is 0 Å². The predicted molar refractivity (Wildman–Crippen MR) is 91.8 cm³/mol. The molecule has 1 aliphatic heterocycles. The lowest BCUT2D eigenvalue weighted by Gasteiger charge is -2.28. The Labute approximate surface area is 146 Å². The number of benzene rings is 1. The number of amides is 2. The van der Waals surface area contributed by atoms with Gasteiger partial charge in [-0.3, -0.25) is 14.3 Å². The number of aromatic nitrogens is 2. The summed E-state index contributed by atoms with van der Waals surface area (Å²) in [7, 11) is 3.56. The standard InChI is InChI=1S/C18H22N4O3/c1-20(11-13-10-19-21(2)12-13)18(25)15-7-5-9-22(15)17(24)14-6-3-4-8-16(14)23/h3-4,6,8,10,12,15,23H,5,7,9,11H2,1-2H3. The predicted octanol–water partition coefficient (Wildman–Crippen LogP) is 1.39. The molecule has 1 fully saturated rings. The van der Waals surface area contributed by atoms with E-state index in [2.05, 4.69) is 5.10 Å². The number of carbonyl (C=O) groups is 2. The first-order valence-electron chi connectivity index (χ1n) is 8.29. The SMILES string of the molecule is CN(Cc1cnn(C)c1)C(=O)C1CCCN1C(=O)c1ccccc1O. The van der Waals surface area contributed by atoms with E-state index in [1.54, 1.807) is 45.9 Å². The van der Waals surface area contributed by atoms with E-state index in [1.807, 2.05) is 13.2 Å². The third-order valence-electron chi connectivity index (χ3n) is 4.49. The number of aromatic hydroxyl groups is 1. The highest BCUT2D eigenvalue weighted by Crippen LogP contribution is 2.25. The highest BCUT2D eigenvalue weighted by Gasteiger charge is 2.36. The van der Waals surface area contributed by atoms with Crippen molar-refractivity contribution in [1.29, 1.82) is 0 Å². The minimum Gasteiger partial charge on any atom is -0.507 e. The Kier molecular flexibility index (Phi) is 4.74. The Balaban J connectivity index is 1.73. The maximum Gasteiger partial charge on any atom is 0.258 e. The van der Waals surface area contributed by atoms with Crippen LogP contribution in [0, 0.1) is 0 Å². The number of phenols is 1. The van der Waals surface area contributed by atoms with Gasteiger partial charge >= 0.3 is 0 Å². The summed E-state index contributed by atoms with van der Waals surface area (Å²) >= 11 is 0. The largest absolute Gasteiger partial charge is 0.507 e. The van der Waals surface area contributed by atoms with Crippen LogP contribution in [0.1, 0.15) is 28.8 Å². The molecular weight excluding hydrogens is 320 g/mol.